The van der Waals surface area contributed by atoms with Crippen molar-refractivity contribution in [1.29, 1.82) is 0 Å². The van der Waals surface area contributed by atoms with Crippen molar-refractivity contribution in [2.24, 2.45) is 5.73 Å². The summed E-state index contributed by atoms with van der Waals surface area (Å²) in [6.45, 7) is 4.24. The Hall–Kier alpha value is -1.80. The van der Waals surface area contributed by atoms with Crippen LogP contribution in [-0.4, -0.2) is 7.11 Å². The fraction of sp³-hybridized carbons (Fsp3) is 0.333. The first-order valence-corrected chi connectivity index (χ1v) is 7.12. The molecular formula is C18H23NO. The van der Waals surface area contributed by atoms with Crippen LogP contribution in [0.15, 0.2) is 42.5 Å². The molecule has 2 N–H and O–H groups in total. The van der Waals surface area contributed by atoms with Gasteiger partial charge in [0.05, 0.1) is 7.11 Å². The van der Waals surface area contributed by atoms with Gasteiger partial charge in [-0.3, -0.25) is 0 Å². The second kappa shape index (κ2) is 6.58. The Balaban J connectivity index is 2.18. The molecular weight excluding hydrogens is 246 g/mol. The normalized spacial score (nSPS) is 12.2. The molecule has 0 amide bonds. The minimum Gasteiger partial charge on any atom is -0.496 e. The van der Waals surface area contributed by atoms with Crippen molar-refractivity contribution in [3.05, 3.63) is 64.7 Å². The topological polar surface area (TPSA) is 35.2 Å². The van der Waals surface area contributed by atoms with Crippen LogP contribution in [0.4, 0.5) is 0 Å². The molecule has 2 heteroatoms. The Morgan fingerprint density at radius 1 is 1.05 bits per heavy atom. The Bertz CT molecular complexity index is 560. The molecule has 0 fully saturated rings. The van der Waals surface area contributed by atoms with Gasteiger partial charge in [-0.05, 0) is 37.0 Å². The molecule has 2 nitrogen and oxygen atoms in total. The van der Waals surface area contributed by atoms with Crippen LogP contribution in [0.2, 0.25) is 0 Å². The lowest BCUT2D eigenvalue weighted by Crippen LogP contribution is -2.14. The largest absolute Gasteiger partial charge is 0.496 e. The van der Waals surface area contributed by atoms with Gasteiger partial charge in [0, 0.05) is 11.6 Å². The van der Waals surface area contributed by atoms with E-state index in [-0.39, 0.29) is 6.04 Å². The number of ether oxygens (including phenoxy) is 1. The molecule has 20 heavy (non-hydrogen) atoms. The third-order valence-electron chi connectivity index (χ3n) is 3.67. The van der Waals surface area contributed by atoms with Gasteiger partial charge >= 0.3 is 0 Å². The first kappa shape index (κ1) is 14.6. The highest BCUT2D eigenvalue weighted by Gasteiger charge is 2.12. The quantitative estimate of drug-likeness (QED) is 0.896. The number of aryl methyl sites for hydroxylation is 2. The summed E-state index contributed by atoms with van der Waals surface area (Å²) in [6.07, 6.45) is 1.89. The number of hydrogen-bond acceptors (Lipinski definition) is 2. The van der Waals surface area contributed by atoms with Crippen molar-refractivity contribution >= 4 is 0 Å². The Labute approximate surface area is 121 Å². The van der Waals surface area contributed by atoms with Crippen LogP contribution in [0, 0.1) is 6.92 Å². The summed E-state index contributed by atoms with van der Waals surface area (Å²) in [5, 5.41) is 0. The molecule has 1 unspecified atom stereocenters. The molecule has 0 heterocycles. The summed E-state index contributed by atoms with van der Waals surface area (Å²) < 4.78 is 5.42. The summed E-state index contributed by atoms with van der Waals surface area (Å²) in [5.74, 6) is 0.869. The molecule has 2 rings (SSSR count). The van der Waals surface area contributed by atoms with Crippen LogP contribution in [0.5, 0.6) is 5.75 Å². The van der Waals surface area contributed by atoms with Crippen LogP contribution >= 0.6 is 0 Å². The Kier molecular flexibility index (Phi) is 4.80. The van der Waals surface area contributed by atoms with Gasteiger partial charge < -0.3 is 10.5 Å². The van der Waals surface area contributed by atoms with Crippen LogP contribution in [-0.2, 0) is 12.8 Å². The molecule has 0 aromatic heterocycles. The van der Waals surface area contributed by atoms with Gasteiger partial charge in [0.25, 0.3) is 0 Å². The average molecular weight is 269 g/mol. The lowest BCUT2D eigenvalue weighted by Gasteiger charge is -2.16. The molecule has 0 spiro atoms. The van der Waals surface area contributed by atoms with Crippen molar-refractivity contribution in [3.63, 3.8) is 0 Å². The standard InChI is InChI=1S/C18H23NO/c1-4-14-6-8-15(9-7-14)12-17(19)16-11-13(2)5-10-18(16)20-3/h5-11,17H,4,12,19H2,1-3H3. The summed E-state index contributed by atoms with van der Waals surface area (Å²) in [6, 6.07) is 14.8. The van der Waals surface area contributed by atoms with Crippen LogP contribution in [0.1, 0.15) is 35.2 Å². The smallest absolute Gasteiger partial charge is 0.123 e. The molecule has 0 bridgehead atoms. The predicted octanol–water partition coefficient (Wildman–Crippen LogP) is 3.81. The molecule has 2 aromatic carbocycles. The maximum atomic E-state index is 6.36. The summed E-state index contributed by atoms with van der Waals surface area (Å²) in [7, 11) is 1.69. The van der Waals surface area contributed by atoms with E-state index in [1.165, 1.54) is 16.7 Å². The number of rotatable bonds is 5. The zero-order valence-corrected chi connectivity index (χ0v) is 12.5. The molecule has 0 aliphatic heterocycles. The summed E-state index contributed by atoms with van der Waals surface area (Å²) >= 11 is 0. The third kappa shape index (κ3) is 3.40. The molecule has 2 aromatic rings. The average Bonchev–Trinajstić information content (AvgIpc) is 2.48. The van der Waals surface area contributed by atoms with E-state index >= 15 is 0 Å². The first-order chi connectivity index (χ1) is 9.63. The number of hydrogen-bond donors (Lipinski definition) is 1. The number of benzene rings is 2. The molecule has 0 saturated carbocycles. The van der Waals surface area contributed by atoms with E-state index in [2.05, 4.69) is 44.2 Å². The molecule has 0 saturated heterocycles. The molecule has 0 radical (unpaired) electrons. The zero-order valence-electron chi connectivity index (χ0n) is 12.5. The van der Waals surface area contributed by atoms with E-state index in [1.54, 1.807) is 7.11 Å². The Morgan fingerprint density at radius 3 is 2.30 bits per heavy atom. The molecule has 0 aliphatic rings. The second-order valence-corrected chi connectivity index (χ2v) is 5.23. The van der Waals surface area contributed by atoms with E-state index in [0.717, 1.165) is 24.2 Å². The second-order valence-electron chi connectivity index (χ2n) is 5.23. The van der Waals surface area contributed by atoms with Gasteiger partial charge in [-0.25, -0.2) is 0 Å². The van der Waals surface area contributed by atoms with Gasteiger partial charge in [-0.15, -0.1) is 0 Å². The van der Waals surface area contributed by atoms with Crippen molar-refractivity contribution in [3.8, 4) is 5.75 Å². The minimum atomic E-state index is -0.0441. The lowest BCUT2D eigenvalue weighted by molar-refractivity contribution is 0.405. The number of methoxy groups -OCH3 is 1. The van der Waals surface area contributed by atoms with Crippen molar-refractivity contribution in [1.82, 2.24) is 0 Å². The van der Waals surface area contributed by atoms with Crippen molar-refractivity contribution in [2.45, 2.75) is 32.7 Å². The predicted molar refractivity (Wildman–Crippen MR) is 84.2 cm³/mol. The van der Waals surface area contributed by atoms with Gasteiger partial charge in [0.2, 0.25) is 0 Å². The van der Waals surface area contributed by atoms with E-state index in [4.69, 9.17) is 10.5 Å². The highest BCUT2D eigenvalue weighted by Crippen LogP contribution is 2.27. The minimum absolute atomic E-state index is 0.0441. The van der Waals surface area contributed by atoms with Crippen LogP contribution in [0.3, 0.4) is 0 Å². The van der Waals surface area contributed by atoms with Gasteiger partial charge in [-0.2, -0.15) is 0 Å². The monoisotopic (exact) mass is 269 g/mol. The first-order valence-electron chi connectivity index (χ1n) is 7.12. The molecule has 106 valence electrons. The SMILES string of the molecule is CCc1ccc(CC(N)c2cc(C)ccc2OC)cc1. The zero-order chi connectivity index (χ0) is 14.5. The fourth-order valence-electron chi connectivity index (χ4n) is 2.42. The van der Waals surface area contributed by atoms with E-state index in [0.29, 0.717) is 0 Å². The van der Waals surface area contributed by atoms with Gasteiger partial charge in [0.15, 0.2) is 0 Å². The van der Waals surface area contributed by atoms with Crippen molar-refractivity contribution < 1.29 is 4.74 Å². The maximum Gasteiger partial charge on any atom is 0.123 e. The lowest BCUT2D eigenvalue weighted by atomic mass is 9.96. The van der Waals surface area contributed by atoms with Crippen LogP contribution in [0.25, 0.3) is 0 Å². The molecule has 0 aliphatic carbocycles. The summed E-state index contributed by atoms with van der Waals surface area (Å²) in [5.41, 5.74) is 11.3. The Morgan fingerprint density at radius 2 is 1.70 bits per heavy atom. The highest BCUT2D eigenvalue weighted by atomic mass is 16.5. The maximum absolute atomic E-state index is 6.36. The number of nitrogens with two attached hydrogens (primary N) is 1. The molecule has 1 atom stereocenters. The summed E-state index contributed by atoms with van der Waals surface area (Å²) in [4.78, 5) is 0. The van der Waals surface area contributed by atoms with Crippen molar-refractivity contribution in [2.75, 3.05) is 7.11 Å². The van der Waals surface area contributed by atoms with Crippen LogP contribution < -0.4 is 10.5 Å². The van der Waals surface area contributed by atoms with Gasteiger partial charge in [0.1, 0.15) is 5.75 Å². The third-order valence-corrected chi connectivity index (χ3v) is 3.67. The van der Waals surface area contributed by atoms with Gasteiger partial charge in [-0.1, -0.05) is 48.9 Å². The highest BCUT2D eigenvalue weighted by molar-refractivity contribution is 5.40. The van der Waals surface area contributed by atoms with E-state index in [1.807, 2.05) is 12.1 Å². The fourth-order valence-corrected chi connectivity index (χ4v) is 2.42. The van der Waals surface area contributed by atoms with E-state index in [9.17, 15) is 0 Å². The van der Waals surface area contributed by atoms with E-state index < -0.39 is 0 Å².